The Morgan fingerprint density at radius 3 is 2.15 bits per heavy atom. The van der Waals surface area contributed by atoms with Crippen molar-refractivity contribution in [1.29, 1.82) is 0 Å². The van der Waals surface area contributed by atoms with Crippen molar-refractivity contribution in [2.75, 3.05) is 26.2 Å². The summed E-state index contributed by atoms with van der Waals surface area (Å²) < 4.78 is 0. The fraction of sp³-hybridized carbons (Fsp3) is 0.324. The van der Waals surface area contributed by atoms with Crippen LogP contribution in [-0.4, -0.2) is 64.1 Å². The van der Waals surface area contributed by atoms with E-state index < -0.39 is 0 Å². The van der Waals surface area contributed by atoms with Crippen molar-refractivity contribution >= 4 is 29.4 Å². The number of nitrogens with two attached hydrogens (primary N) is 1. The molecule has 0 aliphatic carbocycles. The number of hydrogen-bond acceptors (Lipinski definition) is 5. The molecule has 7 nitrogen and oxygen atoms in total. The highest BCUT2D eigenvalue weighted by Gasteiger charge is 2.29. The molecule has 1 fully saturated rings. The maximum absolute atomic E-state index is 13.5. The zero-order valence-corrected chi connectivity index (χ0v) is 24.1. The second-order valence-electron chi connectivity index (χ2n) is 12.2. The molecule has 210 valence electrons. The van der Waals surface area contributed by atoms with Crippen molar-refractivity contribution in [3.63, 3.8) is 0 Å². The lowest BCUT2D eigenvalue weighted by molar-refractivity contribution is -0.127. The highest BCUT2D eigenvalue weighted by Crippen LogP contribution is 2.33. The molecule has 0 spiro atoms. The summed E-state index contributed by atoms with van der Waals surface area (Å²) in [5.74, 6) is 0.467. The smallest absolute Gasteiger partial charge is 0.253 e. The number of carbonyl (C=O) groups is 2. The summed E-state index contributed by atoms with van der Waals surface area (Å²) in [4.78, 5) is 37.8. The van der Waals surface area contributed by atoms with Gasteiger partial charge in [0.05, 0.1) is 5.69 Å². The van der Waals surface area contributed by atoms with Crippen molar-refractivity contribution in [3.8, 4) is 11.1 Å². The Hall–Kier alpha value is -4.23. The molecule has 7 heteroatoms. The Labute approximate surface area is 242 Å². The Morgan fingerprint density at radius 1 is 0.780 bits per heavy atom. The number of amidine groups is 1. The molecule has 0 atom stereocenters. The largest absolute Gasteiger partial charge is 0.387 e. The highest BCUT2D eigenvalue weighted by atomic mass is 16.2. The van der Waals surface area contributed by atoms with Crippen molar-refractivity contribution < 1.29 is 9.59 Å². The number of piperazine rings is 1. The lowest BCUT2D eigenvalue weighted by Crippen LogP contribution is -2.54. The Balaban J connectivity index is 1.21. The van der Waals surface area contributed by atoms with E-state index in [0.29, 0.717) is 36.5 Å². The molecule has 3 aromatic carbocycles. The van der Waals surface area contributed by atoms with Gasteiger partial charge in [-0.15, -0.1) is 0 Å². The van der Waals surface area contributed by atoms with Crippen LogP contribution in [0.4, 0.5) is 5.69 Å². The summed E-state index contributed by atoms with van der Waals surface area (Å²) in [7, 11) is 0. The van der Waals surface area contributed by atoms with Gasteiger partial charge in [0.1, 0.15) is 5.84 Å². The molecule has 1 saturated heterocycles. The van der Waals surface area contributed by atoms with Gasteiger partial charge in [-0.05, 0) is 67.3 Å². The van der Waals surface area contributed by atoms with Gasteiger partial charge in [0.15, 0.2) is 0 Å². The van der Waals surface area contributed by atoms with E-state index in [1.54, 1.807) is 0 Å². The van der Waals surface area contributed by atoms with Crippen molar-refractivity contribution in [2.24, 2.45) is 10.7 Å². The van der Waals surface area contributed by atoms with Crippen LogP contribution in [0.15, 0.2) is 77.3 Å². The minimum absolute atomic E-state index is 0.00850. The minimum Gasteiger partial charge on any atom is -0.387 e. The van der Waals surface area contributed by atoms with Crippen molar-refractivity contribution in [1.82, 2.24) is 14.7 Å². The van der Waals surface area contributed by atoms with Gasteiger partial charge >= 0.3 is 0 Å². The number of benzene rings is 3. The molecular formula is C34H37N5O2. The molecule has 0 saturated carbocycles. The summed E-state index contributed by atoms with van der Waals surface area (Å²) in [5, 5.41) is 0. The zero-order chi connectivity index (χ0) is 28.7. The van der Waals surface area contributed by atoms with Gasteiger partial charge < -0.3 is 15.5 Å². The fourth-order valence-corrected chi connectivity index (χ4v) is 5.98. The van der Waals surface area contributed by atoms with E-state index in [9.17, 15) is 9.59 Å². The number of aliphatic imine (C=N–C) groups is 1. The molecule has 3 aliphatic heterocycles. The van der Waals surface area contributed by atoms with Crippen LogP contribution in [0.3, 0.4) is 0 Å². The summed E-state index contributed by atoms with van der Waals surface area (Å²) in [5.41, 5.74) is 13.6. The van der Waals surface area contributed by atoms with Crippen molar-refractivity contribution in [2.45, 2.75) is 45.8 Å². The molecule has 3 aromatic rings. The molecule has 0 radical (unpaired) electrons. The zero-order valence-electron chi connectivity index (χ0n) is 24.1. The van der Waals surface area contributed by atoms with Crippen LogP contribution in [0.25, 0.3) is 17.2 Å². The van der Waals surface area contributed by atoms with Gasteiger partial charge in [-0.25, -0.2) is 4.99 Å². The minimum atomic E-state index is -0.00850. The van der Waals surface area contributed by atoms with E-state index in [4.69, 9.17) is 5.73 Å². The topological polar surface area (TPSA) is 82.2 Å². The quantitative estimate of drug-likeness (QED) is 0.487. The third-order valence-electron chi connectivity index (χ3n) is 8.36. The monoisotopic (exact) mass is 547 g/mol. The van der Waals surface area contributed by atoms with Gasteiger partial charge in [0, 0.05) is 67.9 Å². The molecule has 2 amide bonds. The normalized spacial score (nSPS) is 17.3. The summed E-state index contributed by atoms with van der Waals surface area (Å²) in [6, 6.07) is 22.0. The molecular weight excluding hydrogens is 510 g/mol. The number of rotatable bonds is 3. The van der Waals surface area contributed by atoms with E-state index in [2.05, 4.69) is 42.8 Å². The summed E-state index contributed by atoms with van der Waals surface area (Å²) >= 11 is 0. The summed E-state index contributed by atoms with van der Waals surface area (Å²) in [6.45, 7) is 11.1. The first kappa shape index (κ1) is 27.0. The molecule has 0 bridgehead atoms. The third-order valence-corrected chi connectivity index (χ3v) is 8.36. The van der Waals surface area contributed by atoms with Gasteiger partial charge in [0.25, 0.3) is 11.8 Å². The lowest BCUT2D eigenvalue weighted by atomic mass is 9.99. The van der Waals surface area contributed by atoms with E-state index in [0.717, 1.165) is 48.6 Å². The predicted octanol–water partition coefficient (Wildman–Crippen LogP) is 5.23. The molecule has 0 unspecified atom stereocenters. The van der Waals surface area contributed by atoms with E-state index in [1.807, 2.05) is 70.5 Å². The Morgan fingerprint density at radius 2 is 1.46 bits per heavy atom. The average Bonchev–Trinajstić information content (AvgIpc) is 3.33. The predicted molar refractivity (Wildman–Crippen MR) is 164 cm³/mol. The van der Waals surface area contributed by atoms with Crippen LogP contribution in [-0.2, 0) is 17.9 Å². The van der Waals surface area contributed by atoms with Gasteiger partial charge in [-0.3, -0.25) is 14.5 Å². The highest BCUT2D eigenvalue weighted by molar-refractivity contribution is 6.06. The Bertz CT molecular complexity index is 1550. The first-order chi connectivity index (χ1) is 19.7. The number of hydrogen-bond donors (Lipinski definition) is 1. The third kappa shape index (κ3) is 5.55. The van der Waals surface area contributed by atoms with Gasteiger partial charge in [-0.1, -0.05) is 48.5 Å². The molecule has 41 heavy (non-hydrogen) atoms. The number of carbonyl (C=O) groups excluding carboxylic acids is 2. The van der Waals surface area contributed by atoms with Gasteiger partial charge in [0.2, 0.25) is 0 Å². The molecule has 3 heterocycles. The van der Waals surface area contributed by atoms with Crippen LogP contribution in [0.2, 0.25) is 0 Å². The van der Waals surface area contributed by atoms with Crippen LogP contribution < -0.4 is 5.73 Å². The summed E-state index contributed by atoms with van der Waals surface area (Å²) in [6.07, 6.45) is 2.23. The van der Waals surface area contributed by atoms with Crippen LogP contribution in [0, 0.1) is 0 Å². The maximum atomic E-state index is 13.5. The number of amides is 2. The maximum Gasteiger partial charge on any atom is 0.253 e. The molecule has 0 aromatic heterocycles. The lowest BCUT2D eigenvalue weighted by Gasteiger charge is -2.42. The molecule has 6 rings (SSSR count). The first-order valence-corrected chi connectivity index (χ1v) is 14.3. The number of nitrogens with zero attached hydrogens (tertiary/aromatic N) is 4. The van der Waals surface area contributed by atoms with E-state index in [1.165, 1.54) is 11.1 Å². The SMILES string of the molecule is CC(C)(C)N1CCN(C(=O)c2cccc(-c3ccc4c(c3)N=C(N)CC(C(=O)N3Cc5ccccc5C3)=C4)c2)CC1. The fourth-order valence-electron chi connectivity index (χ4n) is 5.98. The molecule has 2 N–H and O–H groups in total. The van der Waals surface area contributed by atoms with Gasteiger partial charge in [-0.2, -0.15) is 0 Å². The van der Waals surface area contributed by atoms with Crippen LogP contribution in [0.5, 0.6) is 0 Å². The molecule has 3 aliphatic rings. The standard InChI is InChI=1S/C34H37N5O2/c1-34(2,3)39-15-13-37(14-16-39)32(40)26-10-6-9-23(17-26)24-11-12-25-18-29(20-31(35)36-30(25)19-24)33(41)38-21-27-7-4-5-8-28(27)22-38/h4-12,17-19H,13-16,20-22H2,1-3H3,(H2,35,36). The second kappa shape index (κ2) is 10.6. The van der Waals surface area contributed by atoms with Crippen LogP contribution in [0.1, 0.15) is 54.2 Å². The van der Waals surface area contributed by atoms with E-state index >= 15 is 0 Å². The first-order valence-electron chi connectivity index (χ1n) is 14.3. The van der Waals surface area contributed by atoms with Crippen molar-refractivity contribution in [3.05, 3.63) is 94.6 Å². The van der Waals surface area contributed by atoms with E-state index in [-0.39, 0.29) is 17.4 Å². The average molecular weight is 548 g/mol. The Kier molecular flexibility index (Phi) is 6.99. The van der Waals surface area contributed by atoms with Crippen LogP contribution >= 0.6 is 0 Å². The second-order valence-corrected chi connectivity index (χ2v) is 12.2. The number of fused-ring (bicyclic) bond motifs is 2.